The molecule has 202 valence electrons. The van der Waals surface area contributed by atoms with Crippen LogP contribution in [0.2, 0.25) is 0 Å². The molecule has 0 fully saturated rings. The second kappa shape index (κ2) is 11.0. The molecule has 2 unspecified atom stereocenters. The molecule has 0 aliphatic carbocycles. The Morgan fingerprint density at radius 1 is 0.944 bits per heavy atom. The van der Waals surface area contributed by atoms with Crippen LogP contribution in [-0.4, -0.2) is 31.2 Å². The van der Waals surface area contributed by atoms with Gasteiger partial charge in [0.1, 0.15) is 23.7 Å². The van der Waals surface area contributed by atoms with Gasteiger partial charge in [-0.15, -0.1) is 0 Å². The van der Waals surface area contributed by atoms with Gasteiger partial charge in [0.2, 0.25) is 0 Å². The zero-order valence-corrected chi connectivity index (χ0v) is 22.8. The standard InChI is InChI=1S/C27H37F3O5S/c1-8-21(22-12-14-24(19(3)16-22)35-36(32,33)27(28,29)30)11-9-20-10-13-23(18(2)15-20)34-17-26(7,31)25(4,5)6/h10,12-16,21,31H,8-9,11,17H2,1-7H3. The van der Waals surface area contributed by atoms with Crippen molar-refractivity contribution in [1.29, 1.82) is 0 Å². The zero-order chi connectivity index (χ0) is 27.5. The summed E-state index contributed by atoms with van der Waals surface area (Å²) in [6.45, 7) is 13.3. The van der Waals surface area contributed by atoms with E-state index in [9.17, 15) is 26.7 Å². The van der Waals surface area contributed by atoms with Gasteiger partial charge < -0.3 is 14.0 Å². The first-order valence-corrected chi connectivity index (χ1v) is 13.3. The van der Waals surface area contributed by atoms with Crippen molar-refractivity contribution in [2.24, 2.45) is 5.41 Å². The summed E-state index contributed by atoms with van der Waals surface area (Å²) in [5, 5.41) is 10.7. The van der Waals surface area contributed by atoms with E-state index in [-0.39, 0.29) is 23.7 Å². The quantitative estimate of drug-likeness (QED) is 0.269. The molecule has 36 heavy (non-hydrogen) atoms. The minimum atomic E-state index is -5.71. The lowest BCUT2D eigenvalue weighted by molar-refractivity contribution is -0.0725. The van der Waals surface area contributed by atoms with Gasteiger partial charge in [-0.3, -0.25) is 0 Å². The van der Waals surface area contributed by atoms with Gasteiger partial charge in [0.05, 0.1) is 0 Å². The van der Waals surface area contributed by atoms with E-state index in [1.807, 2.05) is 46.8 Å². The molecular formula is C27H37F3O5S. The summed E-state index contributed by atoms with van der Waals surface area (Å²) in [6.07, 6.45) is 2.39. The molecule has 2 rings (SSSR count). The SMILES string of the molecule is CCC(CCc1ccc(OCC(C)(O)C(C)(C)C)c(C)c1)c1ccc(OS(=O)(=O)C(F)(F)F)c(C)c1. The van der Waals surface area contributed by atoms with Crippen LogP contribution in [0.5, 0.6) is 11.5 Å². The Labute approximate surface area is 212 Å². The van der Waals surface area contributed by atoms with Crippen LogP contribution in [0.1, 0.15) is 75.6 Å². The largest absolute Gasteiger partial charge is 0.534 e. The molecule has 0 saturated carbocycles. The van der Waals surface area contributed by atoms with E-state index in [4.69, 9.17) is 4.74 Å². The second-order valence-electron chi connectivity index (χ2n) is 10.6. The van der Waals surface area contributed by atoms with Gasteiger partial charge in [-0.2, -0.15) is 21.6 Å². The number of halogens is 3. The van der Waals surface area contributed by atoms with Crippen molar-refractivity contribution in [2.75, 3.05) is 6.61 Å². The third-order valence-electron chi connectivity index (χ3n) is 6.79. The minimum absolute atomic E-state index is 0.134. The van der Waals surface area contributed by atoms with Gasteiger partial charge >= 0.3 is 15.6 Å². The van der Waals surface area contributed by atoms with Crippen LogP contribution in [-0.2, 0) is 16.5 Å². The number of hydrogen-bond donors (Lipinski definition) is 1. The van der Waals surface area contributed by atoms with Gasteiger partial charge in [-0.1, -0.05) is 52.0 Å². The lowest BCUT2D eigenvalue weighted by Gasteiger charge is -2.36. The number of benzene rings is 2. The Morgan fingerprint density at radius 3 is 2.03 bits per heavy atom. The minimum Gasteiger partial charge on any atom is -0.490 e. The highest BCUT2D eigenvalue weighted by molar-refractivity contribution is 7.88. The lowest BCUT2D eigenvalue weighted by Crippen LogP contribution is -2.45. The number of rotatable bonds is 10. The first-order chi connectivity index (χ1) is 16.4. The summed E-state index contributed by atoms with van der Waals surface area (Å²) < 4.78 is 70.8. The Hall–Kier alpha value is -2.26. The van der Waals surface area contributed by atoms with E-state index in [1.165, 1.54) is 13.0 Å². The van der Waals surface area contributed by atoms with E-state index >= 15 is 0 Å². The predicted molar refractivity (Wildman–Crippen MR) is 135 cm³/mol. The molecule has 5 nitrogen and oxygen atoms in total. The van der Waals surface area contributed by atoms with Crippen LogP contribution in [0.15, 0.2) is 36.4 Å². The number of ether oxygens (including phenoxy) is 1. The monoisotopic (exact) mass is 530 g/mol. The highest BCUT2D eigenvalue weighted by Gasteiger charge is 2.48. The molecule has 0 aromatic heterocycles. The third-order valence-corrected chi connectivity index (χ3v) is 7.76. The molecule has 1 N–H and O–H groups in total. The molecule has 0 aliphatic heterocycles. The van der Waals surface area contributed by atoms with E-state index in [1.54, 1.807) is 19.1 Å². The highest BCUT2D eigenvalue weighted by Crippen LogP contribution is 2.34. The molecule has 0 amide bonds. The van der Waals surface area contributed by atoms with Crippen LogP contribution in [0.3, 0.4) is 0 Å². The zero-order valence-electron chi connectivity index (χ0n) is 22.0. The number of aryl methyl sites for hydroxylation is 3. The average molecular weight is 531 g/mol. The number of alkyl halides is 3. The number of aliphatic hydroxyl groups is 1. The van der Waals surface area contributed by atoms with Gasteiger partial charge in [0.25, 0.3) is 0 Å². The lowest BCUT2D eigenvalue weighted by atomic mass is 9.78. The van der Waals surface area contributed by atoms with Crippen LogP contribution in [0.4, 0.5) is 13.2 Å². The molecule has 2 aromatic carbocycles. The van der Waals surface area contributed by atoms with Gasteiger partial charge in [0.15, 0.2) is 0 Å². The van der Waals surface area contributed by atoms with Gasteiger partial charge in [-0.25, -0.2) is 0 Å². The van der Waals surface area contributed by atoms with Crippen molar-refractivity contribution in [1.82, 2.24) is 0 Å². The summed E-state index contributed by atoms with van der Waals surface area (Å²) >= 11 is 0. The molecule has 0 aliphatic rings. The molecule has 0 saturated heterocycles. The van der Waals surface area contributed by atoms with E-state index in [0.717, 1.165) is 41.7 Å². The highest BCUT2D eigenvalue weighted by atomic mass is 32.2. The third kappa shape index (κ3) is 7.38. The Kier molecular flexibility index (Phi) is 9.16. The van der Waals surface area contributed by atoms with Crippen molar-refractivity contribution in [2.45, 2.75) is 84.8 Å². The number of hydrogen-bond acceptors (Lipinski definition) is 5. The van der Waals surface area contributed by atoms with Crippen LogP contribution in [0.25, 0.3) is 0 Å². The normalized spacial score (nSPS) is 15.3. The molecule has 0 bridgehead atoms. The summed E-state index contributed by atoms with van der Waals surface area (Å²) in [7, 11) is -5.71. The first-order valence-electron chi connectivity index (χ1n) is 11.9. The summed E-state index contributed by atoms with van der Waals surface area (Å²) in [5.74, 6) is 0.521. The Morgan fingerprint density at radius 2 is 1.53 bits per heavy atom. The average Bonchev–Trinajstić information content (AvgIpc) is 2.73. The maximum absolute atomic E-state index is 12.6. The smallest absolute Gasteiger partial charge is 0.490 e. The molecule has 0 spiro atoms. The second-order valence-corrected chi connectivity index (χ2v) is 12.1. The van der Waals surface area contributed by atoms with E-state index in [0.29, 0.717) is 5.56 Å². The molecule has 0 heterocycles. The van der Waals surface area contributed by atoms with Crippen molar-refractivity contribution in [3.05, 3.63) is 58.7 Å². The molecule has 2 aromatic rings. The van der Waals surface area contributed by atoms with Crippen molar-refractivity contribution < 1.29 is 35.6 Å². The van der Waals surface area contributed by atoms with Crippen LogP contribution in [0, 0.1) is 19.3 Å². The summed E-state index contributed by atoms with van der Waals surface area (Å²) in [6, 6.07) is 10.5. The maximum Gasteiger partial charge on any atom is 0.534 e. The van der Waals surface area contributed by atoms with Crippen LogP contribution < -0.4 is 8.92 Å². The summed E-state index contributed by atoms with van der Waals surface area (Å²) in [4.78, 5) is 0. The van der Waals surface area contributed by atoms with Crippen LogP contribution >= 0.6 is 0 Å². The topological polar surface area (TPSA) is 72.8 Å². The van der Waals surface area contributed by atoms with Gasteiger partial charge in [0, 0.05) is 0 Å². The fraction of sp³-hybridized carbons (Fsp3) is 0.556. The molecule has 9 heteroatoms. The molecule has 2 atom stereocenters. The van der Waals surface area contributed by atoms with E-state index < -0.39 is 21.2 Å². The van der Waals surface area contributed by atoms with Gasteiger partial charge in [-0.05, 0) is 85.8 Å². The van der Waals surface area contributed by atoms with E-state index in [2.05, 4.69) is 10.2 Å². The first kappa shape index (κ1) is 30.0. The Balaban J connectivity index is 2.07. The van der Waals surface area contributed by atoms with Crippen molar-refractivity contribution in [3.63, 3.8) is 0 Å². The fourth-order valence-corrected chi connectivity index (χ4v) is 4.11. The molecular weight excluding hydrogens is 493 g/mol. The molecule has 0 radical (unpaired) electrons. The van der Waals surface area contributed by atoms with Crippen molar-refractivity contribution >= 4 is 10.1 Å². The summed E-state index contributed by atoms with van der Waals surface area (Å²) in [5.41, 5.74) is -3.47. The maximum atomic E-state index is 12.6. The van der Waals surface area contributed by atoms with Crippen molar-refractivity contribution in [3.8, 4) is 11.5 Å². The fourth-order valence-electron chi connectivity index (χ4n) is 3.60. The Bertz CT molecular complexity index is 1150. The predicted octanol–water partition coefficient (Wildman–Crippen LogP) is 6.83.